The highest BCUT2D eigenvalue weighted by Gasteiger charge is 2.20. The molecule has 0 heterocycles. The van der Waals surface area contributed by atoms with Crippen molar-refractivity contribution >= 4 is 0 Å². The second kappa shape index (κ2) is 2.24. The van der Waals surface area contributed by atoms with Crippen molar-refractivity contribution in [3.05, 3.63) is 24.3 Å². The van der Waals surface area contributed by atoms with Gasteiger partial charge >= 0.3 is 0 Å². The molecule has 3 rings (SSSR count). The van der Waals surface area contributed by atoms with Crippen LogP contribution in [0.2, 0.25) is 0 Å². The maximum Gasteiger partial charge on any atom is 0.0557 e. The SMILES string of the molecule is OC1CC2C=CC(C=C2)C1. The Balaban J connectivity index is 2.20. The van der Waals surface area contributed by atoms with Crippen molar-refractivity contribution in [1.29, 1.82) is 0 Å². The van der Waals surface area contributed by atoms with Crippen LogP contribution >= 0.6 is 0 Å². The van der Waals surface area contributed by atoms with Crippen LogP contribution in [0, 0.1) is 11.8 Å². The van der Waals surface area contributed by atoms with Crippen LogP contribution in [0.5, 0.6) is 0 Å². The van der Waals surface area contributed by atoms with Gasteiger partial charge in [-0.05, 0) is 24.7 Å². The monoisotopic (exact) mass is 136 g/mol. The summed E-state index contributed by atoms with van der Waals surface area (Å²) in [6.45, 7) is 0. The van der Waals surface area contributed by atoms with Gasteiger partial charge in [-0.3, -0.25) is 0 Å². The zero-order valence-corrected chi connectivity index (χ0v) is 5.90. The van der Waals surface area contributed by atoms with Crippen LogP contribution in [0.25, 0.3) is 0 Å². The molecule has 0 spiro atoms. The predicted octanol–water partition coefficient (Wildman–Crippen LogP) is 1.50. The van der Waals surface area contributed by atoms with Gasteiger partial charge in [-0.15, -0.1) is 0 Å². The van der Waals surface area contributed by atoms with Crippen LogP contribution in [-0.4, -0.2) is 11.2 Å². The molecule has 0 fully saturated rings. The molecule has 0 aromatic rings. The minimum atomic E-state index is -0.0833. The van der Waals surface area contributed by atoms with E-state index in [9.17, 15) is 5.11 Å². The summed E-state index contributed by atoms with van der Waals surface area (Å²) in [5, 5.41) is 9.39. The summed E-state index contributed by atoms with van der Waals surface area (Å²) in [7, 11) is 0. The molecule has 0 aromatic heterocycles. The van der Waals surface area contributed by atoms with Crippen molar-refractivity contribution in [1.82, 2.24) is 0 Å². The second-order valence-corrected chi connectivity index (χ2v) is 3.22. The molecule has 0 unspecified atom stereocenters. The molecule has 0 saturated heterocycles. The molecule has 0 amide bonds. The normalized spacial score (nSPS) is 43.9. The molecule has 54 valence electrons. The molecule has 1 nitrogen and oxygen atoms in total. The van der Waals surface area contributed by atoms with Gasteiger partial charge in [0.05, 0.1) is 6.10 Å². The molecule has 3 aliphatic carbocycles. The molecular weight excluding hydrogens is 124 g/mol. The maximum absolute atomic E-state index is 9.39. The molecule has 10 heavy (non-hydrogen) atoms. The minimum Gasteiger partial charge on any atom is -0.393 e. The molecule has 0 radical (unpaired) electrons. The van der Waals surface area contributed by atoms with Gasteiger partial charge in [0.1, 0.15) is 0 Å². The smallest absolute Gasteiger partial charge is 0.0557 e. The Morgan fingerprint density at radius 2 is 1.30 bits per heavy atom. The molecule has 0 saturated carbocycles. The highest BCUT2D eigenvalue weighted by molar-refractivity contribution is 5.16. The summed E-state index contributed by atoms with van der Waals surface area (Å²) < 4.78 is 0. The van der Waals surface area contributed by atoms with E-state index in [1.807, 2.05) is 0 Å². The topological polar surface area (TPSA) is 20.2 Å². The van der Waals surface area contributed by atoms with Gasteiger partial charge in [0.25, 0.3) is 0 Å². The largest absolute Gasteiger partial charge is 0.393 e. The van der Waals surface area contributed by atoms with Crippen LogP contribution in [0.1, 0.15) is 12.8 Å². The molecule has 0 aliphatic heterocycles. The predicted molar refractivity (Wildman–Crippen MR) is 40.5 cm³/mol. The number of aliphatic hydroxyl groups is 1. The van der Waals surface area contributed by atoms with Crippen LogP contribution in [0.3, 0.4) is 0 Å². The summed E-state index contributed by atoms with van der Waals surface area (Å²) in [6.07, 6.45) is 10.6. The lowest BCUT2D eigenvalue weighted by Crippen LogP contribution is -2.08. The molecule has 1 heteroatoms. The number of hydrogen-bond donors (Lipinski definition) is 1. The van der Waals surface area contributed by atoms with E-state index in [1.54, 1.807) is 0 Å². The second-order valence-electron chi connectivity index (χ2n) is 3.22. The van der Waals surface area contributed by atoms with Gasteiger partial charge in [-0.1, -0.05) is 24.3 Å². The van der Waals surface area contributed by atoms with Crippen LogP contribution in [-0.2, 0) is 0 Å². The van der Waals surface area contributed by atoms with Gasteiger partial charge in [0, 0.05) is 0 Å². The molecule has 1 N–H and O–H groups in total. The first-order valence-electron chi connectivity index (χ1n) is 3.89. The van der Waals surface area contributed by atoms with E-state index in [4.69, 9.17) is 0 Å². The summed E-state index contributed by atoms with van der Waals surface area (Å²) in [5.74, 6) is 1.02. The van der Waals surface area contributed by atoms with Crippen molar-refractivity contribution < 1.29 is 5.11 Å². The number of allylic oxidation sites excluding steroid dienone is 4. The minimum absolute atomic E-state index is 0.0833. The summed E-state index contributed by atoms with van der Waals surface area (Å²) >= 11 is 0. The van der Waals surface area contributed by atoms with Crippen molar-refractivity contribution in [2.45, 2.75) is 18.9 Å². The van der Waals surface area contributed by atoms with Gasteiger partial charge < -0.3 is 5.11 Å². The Morgan fingerprint density at radius 3 is 1.70 bits per heavy atom. The van der Waals surface area contributed by atoms with Crippen molar-refractivity contribution in [3.8, 4) is 0 Å². The lowest BCUT2D eigenvalue weighted by atomic mass is 9.99. The van der Waals surface area contributed by atoms with E-state index in [0.717, 1.165) is 12.8 Å². The number of aliphatic hydroxyl groups excluding tert-OH is 1. The standard InChI is InChI=1S/C9H12O/c10-9-5-7-1-2-8(6-9)4-3-7/h1-4,7-10H,5-6H2. The molecule has 0 aromatic carbocycles. The average molecular weight is 136 g/mol. The number of hydrogen-bond acceptors (Lipinski definition) is 1. The van der Waals surface area contributed by atoms with Crippen molar-refractivity contribution in [2.24, 2.45) is 11.8 Å². The quantitative estimate of drug-likeness (QED) is 0.500. The zero-order chi connectivity index (χ0) is 6.97. The van der Waals surface area contributed by atoms with Gasteiger partial charge in [-0.2, -0.15) is 0 Å². The molecule has 3 aliphatic rings. The van der Waals surface area contributed by atoms with Crippen molar-refractivity contribution in [3.63, 3.8) is 0 Å². The van der Waals surface area contributed by atoms with Crippen LogP contribution in [0.4, 0.5) is 0 Å². The van der Waals surface area contributed by atoms with E-state index in [2.05, 4.69) is 24.3 Å². The number of rotatable bonds is 0. The third kappa shape index (κ3) is 1.01. The number of fused-ring (bicyclic) bond motifs is 2. The first kappa shape index (κ1) is 6.17. The van der Waals surface area contributed by atoms with E-state index in [0.29, 0.717) is 11.8 Å². The third-order valence-electron chi connectivity index (χ3n) is 2.30. The van der Waals surface area contributed by atoms with E-state index >= 15 is 0 Å². The Hall–Kier alpha value is -0.560. The van der Waals surface area contributed by atoms with Crippen LogP contribution < -0.4 is 0 Å². The fourth-order valence-electron chi connectivity index (χ4n) is 1.74. The van der Waals surface area contributed by atoms with Crippen LogP contribution in [0.15, 0.2) is 24.3 Å². The zero-order valence-electron chi connectivity index (χ0n) is 5.90. The van der Waals surface area contributed by atoms with E-state index < -0.39 is 0 Å². The Bertz CT molecular complexity index is 149. The average Bonchev–Trinajstić information content (AvgIpc) is 2.17. The maximum atomic E-state index is 9.39. The summed E-state index contributed by atoms with van der Waals surface area (Å²) in [6, 6.07) is 0. The fourth-order valence-corrected chi connectivity index (χ4v) is 1.74. The summed E-state index contributed by atoms with van der Waals surface area (Å²) in [4.78, 5) is 0. The Morgan fingerprint density at radius 1 is 0.900 bits per heavy atom. The fraction of sp³-hybridized carbons (Fsp3) is 0.556. The highest BCUT2D eigenvalue weighted by atomic mass is 16.3. The molecule has 2 bridgehead atoms. The van der Waals surface area contributed by atoms with Gasteiger partial charge in [-0.25, -0.2) is 0 Å². The highest BCUT2D eigenvalue weighted by Crippen LogP contribution is 2.28. The molecule has 0 atom stereocenters. The lowest BCUT2D eigenvalue weighted by Gasteiger charge is -2.07. The first-order valence-corrected chi connectivity index (χ1v) is 3.89. The van der Waals surface area contributed by atoms with E-state index in [1.165, 1.54) is 0 Å². The lowest BCUT2D eigenvalue weighted by molar-refractivity contribution is 0.147. The van der Waals surface area contributed by atoms with E-state index in [-0.39, 0.29) is 6.10 Å². The third-order valence-corrected chi connectivity index (χ3v) is 2.30. The van der Waals surface area contributed by atoms with Crippen molar-refractivity contribution in [2.75, 3.05) is 0 Å². The Kier molecular flexibility index (Phi) is 1.38. The summed E-state index contributed by atoms with van der Waals surface area (Å²) in [5.41, 5.74) is 0. The van der Waals surface area contributed by atoms with Gasteiger partial charge in [0.15, 0.2) is 0 Å². The first-order chi connectivity index (χ1) is 4.84. The Labute approximate surface area is 61.1 Å². The van der Waals surface area contributed by atoms with Gasteiger partial charge in [0.2, 0.25) is 0 Å². The molecular formula is C9H12O.